The van der Waals surface area contributed by atoms with Gasteiger partial charge in [-0.2, -0.15) is 0 Å². The Morgan fingerprint density at radius 3 is 2.59 bits per heavy atom. The highest BCUT2D eigenvalue weighted by Gasteiger charge is 2.25. The van der Waals surface area contributed by atoms with Crippen LogP contribution in [0.3, 0.4) is 0 Å². The van der Waals surface area contributed by atoms with E-state index in [1.807, 2.05) is 31.1 Å². The van der Waals surface area contributed by atoms with Gasteiger partial charge in [0, 0.05) is 23.7 Å². The number of para-hydroxylation sites is 1. The van der Waals surface area contributed by atoms with Crippen LogP contribution in [0.15, 0.2) is 36.4 Å². The molecule has 0 aliphatic rings. The van der Waals surface area contributed by atoms with Crippen molar-refractivity contribution in [1.82, 2.24) is 9.88 Å². The first-order chi connectivity index (χ1) is 13.8. The van der Waals surface area contributed by atoms with Gasteiger partial charge < -0.3 is 4.90 Å². The molecule has 0 N–H and O–H groups in total. The van der Waals surface area contributed by atoms with E-state index < -0.39 is 4.92 Å². The van der Waals surface area contributed by atoms with Gasteiger partial charge >= 0.3 is 0 Å². The van der Waals surface area contributed by atoms with E-state index in [-0.39, 0.29) is 11.6 Å². The van der Waals surface area contributed by atoms with Crippen LogP contribution in [0.4, 0.5) is 10.8 Å². The normalized spacial score (nSPS) is 11.2. The molecule has 0 atom stereocenters. The summed E-state index contributed by atoms with van der Waals surface area (Å²) in [4.78, 5) is 32.4. The minimum Gasteiger partial charge on any atom is -0.309 e. The van der Waals surface area contributed by atoms with Crippen LogP contribution in [0.1, 0.15) is 22.3 Å². The lowest BCUT2D eigenvalue weighted by molar-refractivity contribution is -0.385. The van der Waals surface area contributed by atoms with Crippen molar-refractivity contribution in [2.75, 3.05) is 32.1 Å². The van der Waals surface area contributed by atoms with Gasteiger partial charge in [0.2, 0.25) is 0 Å². The summed E-state index contributed by atoms with van der Waals surface area (Å²) in [5.41, 5.74) is 1.22. The van der Waals surface area contributed by atoms with Gasteiger partial charge in [0.1, 0.15) is 5.52 Å². The molecule has 9 heteroatoms. The Hall–Kier alpha value is -2.55. The van der Waals surface area contributed by atoms with Gasteiger partial charge in [-0.25, -0.2) is 4.98 Å². The molecule has 0 spiro atoms. The summed E-state index contributed by atoms with van der Waals surface area (Å²) < 4.78 is 0.883. The van der Waals surface area contributed by atoms with E-state index in [1.165, 1.54) is 23.5 Å². The van der Waals surface area contributed by atoms with E-state index in [1.54, 1.807) is 24.0 Å². The Bertz CT molecular complexity index is 1070. The van der Waals surface area contributed by atoms with Gasteiger partial charge in [-0.15, -0.1) is 0 Å². The number of thiazole rings is 1. The minimum atomic E-state index is -0.472. The van der Waals surface area contributed by atoms with Gasteiger partial charge in [0.05, 0.1) is 14.6 Å². The zero-order chi connectivity index (χ0) is 21.1. The second-order valence-electron chi connectivity index (χ2n) is 6.90. The summed E-state index contributed by atoms with van der Waals surface area (Å²) in [6.45, 7) is 2.83. The molecule has 7 nitrogen and oxygen atoms in total. The lowest BCUT2D eigenvalue weighted by Gasteiger charge is -2.21. The first kappa shape index (κ1) is 21.2. The third-order valence-corrected chi connectivity index (χ3v) is 5.90. The number of hydrogen-bond donors (Lipinski definition) is 0. The van der Waals surface area contributed by atoms with Crippen LogP contribution >= 0.6 is 22.9 Å². The molecule has 2 aromatic carbocycles. The highest BCUT2D eigenvalue weighted by molar-refractivity contribution is 7.22. The fourth-order valence-electron chi connectivity index (χ4n) is 3.05. The highest BCUT2D eigenvalue weighted by Crippen LogP contribution is 2.34. The van der Waals surface area contributed by atoms with E-state index in [0.717, 1.165) is 17.7 Å². The fraction of sp³-hybridized carbons (Fsp3) is 0.300. The number of nitro groups is 1. The van der Waals surface area contributed by atoms with Crippen LogP contribution in [-0.4, -0.2) is 47.9 Å². The maximum absolute atomic E-state index is 13.4. The molecule has 0 saturated carbocycles. The lowest BCUT2D eigenvalue weighted by atomic mass is 10.1. The predicted molar refractivity (Wildman–Crippen MR) is 117 cm³/mol. The molecular weight excluding hydrogens is 412 g/mol. The number of carbonyl (C=O) groups excluding carboxylic acids is 1. The Morgan fingerprint density at radius 1 is 1.21 bits per heavy atom. The summed E-state index contributed by atoms with van der Waals surface area (Å²) in [5.74, 6) is -0.305. The van der Waals surface area contributed by atoms with Crippen molar-refractivity contribution in [1.29, 1.82) is 0 Å². The number of rotatable bonds is 7. The smallest absolute Gasteiger partial charge is 0.273 e. The molecule has 152 valence electrons. The second kappa shape index (κ2) is 8.86. The summed E-state index contributed by atoms with van der Waals surface area (Å²) in [5, 5.41) is 12.3. The van der Waals surface area contributed by atoms with Crippen molar-refractivity contribution in [3.05, 3.63) is 62.7 Å². The number of carbonyl (C=O) groups is 1. The number of halogens is 1. The lowest BCUT2D eigenvalue weighted by Crippen LogP contribution is -2.34. The number of anilines is 1. The van der Waals surface area contributed by atoms with Crippen molar-refractivity contribution in [2.45, 2.75) is 13.3 Å². The average Bonchev–Trinajstić information content (AvgIpc) is 3.10. The molecule has 29 heavy (non-hydrogen) atoms. The van der Waals surface area contributed by atoms with Crippen LogP contribution < -0.4 is 4.90 Å². The van der Waals surface area contributed by atoms with E-state index in [4.69, 9.17) is 11.6 Å². The molecular formula is C20H21ClN4O3S. The first-order valence-electron chi connectivity index (χ1n) is 9.05. The monoisotopic (exact) mass is 432 g/mol. The Kier molecular flexibility index (Phi) is 6.46. The summed E-state index contributed by atoms with van der Waals surface area (Å²) >= 11 is 7.64. The number of nitrogens with zero attached hydrogens (tertiary/aromatic N) is 4. The number of benzene rings is 2. The topological polar surface area (TPSA) is 79.6 Å². The van der Waals surface area contributed by atoms with Crippen molar-refractivity contribution in [3.8, 4) is 0 Å². The second-order valence-corrected chi connectivity index (χ2v) is 8.32. The summed E-state index contributed by atoms with van der Waals surface area (Å²) in [7, 11) is 3.93. The van der Waals surface area contributed by atoms with Crippen molar-refractivity contribution >= 4 is 49.9 Å². The Morgan fingerprint density at radius 2 is 1.93 bits per heavy atom. The number of hydrogen-bond acceptors (Lipinski definition) is 6. The third-order valence-electron chi connectivity index (χ3n) is 4.55. The highest BCUT2D eigenvalue weighted by atomic mass is 35.5. The molecule has 0 aliphatic heterocycles. The van der Waals surface area contributed by atoms with Gasteiger partial charge in [-0.3, -0.25) is 19.8 Å². The van der Waals surface area contributed by atoms with Crippen LogP contribution in [0, 0.1) is 17.0 Å². The number of amides is 1. The van der Waals surface area contributed by atoms with Crippen LogP contribution in [0.5, 0.6) is 0 Å². The van der Waals surface area contributed by atoms with Crippen LogP contribution in [-0.2, 0) is 0 Å². The van der Waals surface area contributed by atoms with E-state index in [2.05, 4.69) is 4.98 Å². The van der Waals surface area contributed by atoms with Crippen LogP contribution in [0.25, 0.3) is 10.2 Å². The molecule has 0 radical (unpaired) electrons. The zero-order valence-corrected chi connectivity index (χ0v) is 18.0. The molecule has 0 saturated heterocycles. The predicted octanol–water partition coefficient (Wildman–Crippen LogP) is 4.76. The zero-order valence-electron chi connectivity index (χ0n) is 16.4. The molecule has 1 heterocycles. The number of aromatic nitrogens is 1. The molecule has 0 unspecified atom stereocenters. The fourth-order valence-corrected chi connectivity index (χ4v) is 4.34. The SMILES string of the molecule is Cc1c(C(=O)N(CCCN(C)C)c2nc3c(Cl)cccc3s2)cccc1[N+](=O)[O-]. The molecule has 0 aliphatic carbocycles. The van der Waals surface area contributed by atoms with Crippen molar-refractivity contribution < 1.29 is 9.72 Å². The minimum absolute atomic E-state index is 0.0727. The quantitative estimate of drug-likeness (QED) is 0.397. The molecule has 3 aromatic rings. The number of nitro benzene ring substituents is 1. The van der Waals surface area contributed by atoms with E-state index >= 15 is 0 Å². The standard InChI is InChI=1S/C20H21ClN4O3S/c1-13-14(7-4-9-16(13)25(27)28)19(26)24(12-6-11-23(2)3)20-22-18-15(21)8-5-10-17(18)29-20/h4-5,7-10H,6,11-12H2,1-3H3. The van der Waals surface area contributed by atoms with Crippen molar-refractivity contribution in [2.24, 2.45) is 0 Å². The van der Waals surface area contributed by atoms with Gasteiger partial charge in [-0.05, 0) is 52.2 Å². The average molecular weight is 433 g/mol. The van der Waals surface area contributed by atoms with E-state index in [0.29, 0.717) is 33.3 Å². The maximum atomic E-state index is 13.4. The number of fused-ring (bicyclic) bond motifs is 1. The van der Waals surface area contributed by atoms with Gasteiger partial charge in [0.15, 0.2) is 5.13 Å². The molecule has 3 rings (SSSR count). The van der Waals surface area contributed by atoms with Gasteiger partial charge in [0.25, 0.3) is 11.6 Å². The van der Waals surface area contributed by atoms with Crippen LogP contribution in [0.2, 0.25) is 5.02 Å². The molecule has 0 bridgehead atoms. The van der Waals surface area contributed by atoms with Gasteiger partial charge in [-0.1, -0.05) is 35.1 Å². The summed E-state index contributed by atoms with van der Waals surface area (Å²) in [6, 6.07) is 10.1. The Balaban J connectivity index is 2.03. The van der Waals surface area contributed by atoms with Crippen molar-refractivity contribution in [3.63, 3.8) is 0 Å². The maximum Gasteiger partial charge on any atom is 0.273 e. The molecule has 1 aromatic heterocycles. The third kappa shape index (κ3) is 4.55. The largest absolute Gasteiger partial charge is 0.309 e. The molecule has 0 fully saturated rings. The summed E-state index contributed by atoms with van der Waals surface area (Å²) in [6.07, 6.45) is 0.733. The van der Waals surface area contributed by atoms with E-state index in [9.17, 15) is 14.9 Å². The molecule has 1 amide bonds. The first-order valence-corrected chi connectivity index (χ1v) is 10.2. The Labute approximate surface area is 177 Å².